The first kappa shape index (κ1) is 18.7. The van der Waals surface area contributed by atoms with E-state index in [4.69, 9.17) is 4.74 Å². The fourth-order valence-corrected chi connectivity index (χ4v) is 3.42. The first-order valence-corrected chi connectivity index (χ1v) is 9.63. The van der Waals surface area contributed by atoms with Crippen LogP contribution in [0.15, 0.2) is 79.1 Å². The van der Waals surface area contributed by atoms with Crippen LogP contribution < -0.4 is 10.1 Å². The number of H-pyrrole nitrogens is 1. The van der Waals surface area contributed by atoms with Crippen molar-refractivity contribution in [1.82, 2.24) is 15.3 Å². The zero-order valence-corrected chi connectivity index (χ0v) is 16.3. The number of nitrogens with one attached hydrogen (secondary N) is 2. The highest BCUT2D eigenvalue weighted by atomic mass is 16.5. The van der Waals surface area contributed by atoms with Gasteiger partial charge in [0.25, 0.3) is 0 Å². The molecule has 0 bridgehead atoms. The Morgan fingerprint density at radius 3 is 2.59 bits per heavy atom. The molecule has 1 atom stereocenters. The Balaban J connectivity index is 1.51. The summed E-state index contributed by atoms with van der Waals surface area (Å²) >= 11 is 0. The molecular formula is C24H23N3O2. The molecule has 5 nitrogen and oxygen atoms in total. The van der Waals surface area contributed by atoms with E-state index < -0.39 is 0 Å². The molecule has 0 saturated carbocycles. The molecule has 0 aliphatic heterocycles. The minimum Gasteiger partial charge on any atom is -0.497 e. The number of methoxy groups -OCH3 is 1. The molecule has 0 aliphatic carbocycles. The maximum absolute atomic E-state index is 12.8. The van der Waals surface area contributed by atoms with Gasteiger partial charge >= 0.3 is 0 Å². The third-order valence-corrected chi connectivity index (χ3v) is 5.02. The van der Waals surface area contributed by atoms with Gasteiger partial charge in [0.1, 0.15) is 5.75 Å². The lowest BCUT2D eigenvalue weighted by molar-refractivity contribution is -0.121. The number of carbonyl (C=O) groups excluding carboxylic acids is 1. The van der Waals surface area contributed by atoms with Gasteiger partial charge in [0.05, 0.1) is 30.5 Å². The molecule has 5 heteroatoms. The molecule has 0 aliphatic rings. The zero-order chi connectivity index (χ0) is 20.1. The number of aromatic amines is 1. The van der Waals surface area contributed by atoms with Gasteiger partial charge in [-0.3, -0.25) is 4.79 Å². The minimum absolute atomic E-state index is 0.0133. The highest BCUT2D eigenvalue weighted by Gasteiger charge is 2.17. The molecule has 2 N–H and O–H groups in total. The standard InChI is InChI=1S/C24H23N3O2/c1-29-20-11-7-17(8-12-20)9-14-23(28)27-24(18-5-3-2-4-6-18)19-10-13-21-22(15-19)26-16-25-21/h2-8,10-13,15-16,24H,9,14H2,1H3,(H,25,26)(H,27,28)/t24-/m0/s1. The maximum Gasteiger partial charge on any atom is 0.221 e. The number of aromatic nitrogens is 2. The number of aryl methyl sites for hydroxylation is 1. The molecule has 4 rings (SSSR count). The van der Waals surface area contributed by atoms with E-state index in [0.717, 1.165) is 33.5 Å². The molecule has 0 unspecified atom stereocenters. The quantitative estimate of drug-likeness (QED) is 0.495. The van der Waals surface area contributed by atoms with Crippen molar-refractivity contribution < 1.29 is 9.53 Å². The third-order valence-electron chi connectivity index (χ3n) is 5.02. The zero-order valence-electron chi connectivity index (χ0n) is 16.3. The number of ether oxygens (including phenoxy) is 1. The van der Waals surface area contributed by atoms with Crippen molar-refractivity contribution in [2.24, 2.45) is 0 Å². The Hall–Kier alpha value is -3.60. The van der Waals surface area contributed by atoms with Gasteiger partial charge in [-0.1, -0.05) is 48.5 Å². The van der Waals surface area contributed by atoms with Gasteiger partial charge in [0.15, 0.2) is 0 Å². The van der Waals surface area contributed by atoms with Crippen LogP contribution in [0.4, 0.5) is 0 Å². The first-order chi connectivity index (χ1) is 14.2. The molecule has 146 valence electrons. The highest BCUT2D eigenvalue weighted by Crippen LogP contribution is 2.25. The summed E-state index contributed by atoms with van der Waals surface area (Å²) in [5, 5.41) is 3.20. The van der Waals surface area contributed by atoms with Gasteiger partial charge in [0.2, 0.25) is 5.91 Å². The van der Waals surface area contributed by atoms with E-state index in [1.165, 1.54) is 0 Å². The van der Waals surface area contributed by atoms with E-state index in [1.807, 2.05) is 72.8 Å². The normalized spacial score (nSPS) is 11.9. The second-order valence-electron chi connectivity index (χ2n) is 6.94. The highest BCUT2D eigenvalue weighted by molar-refractivity contribution is 5.79. The summed E-state index contributed by atoms with van der Waals surface area (Å²) < 4.78 is 5.18. The summed E-state index contributed by atoms with van der Waals surface area (Å²) in [6, 6.07) is 23.7. The van der Waals surface area contributed by atoms with Gasteiger partial charge in [-0.05, 0) is 47.4 Å². The molecule has 1 amide bonds. The number of rotatable bonds is 7. The van der Waals surface area contributed by atoms with Crippen LogP contribution in [0.5, 0.6) is 5.75 Å². The van der Waals surface area contributed by atoms with E-state index in [-0.39, 0.29) is 11.9 Å². The Bertz CT molecular complexity index is 1090. The predicted molar refractivity (Wildman–Crippen MR) is 114 cm³/mol. The smallest absolute Gasteiger partial charge is 0.221 e. The molecule has 1 aromatic heterocycles. The molecular weight excluding hydrogens is 362 g/mol. The molecule has 0 radical (unpaired) electrons. The summed E-state index contributed by atoms with van der Waals surface area (Å²) in [7, 11) is 1.65. The van der Waals surface area contributed by atoms with Crippen LogP contribution in [0.3, 0.4) is 0 Å². The largest absolute Gasteiger partial charge is 0.497 e. The molecule has 1 heterocycles. The van der Waals surface area contributed by atoms with Gasteiger partial charge in [-0.25, -0.2) is 4.98 Å². The monoisotopic (exact) mass is 385 g/mol. The Labute approximate surface area is 169 Å². The van der Waals surface area contributed by atoms with Crippen molar-refractivity contribution in [3.8, 4) is 5.75 Å². The molecule has 29 heavy (non-hydrogen) atoms. The van der Waals surface area contributed by atoms with E-state index in [0.29, 0.717) is 12.8 Å². The predicted octanol–water partition coefficient (Wildman–Crippen LogP) is 4.41. The Morgan fingerprint density at radius 1 is 1.03 bits per heavy atom. The van der Waals surface area contributed by atoms with Crippen LogP contribution in [-0.2, 0) is 11.2 Å². The molecule has 4 aromatic rings. The average Bonchev–Trinajstić information content (AvgIpc) is 3.25. The molecule has 0 fully saturated rings. The second-order valence-corrected chi connectivity index (χ2v) is 6.94. The number of nitrogens with zero attached hydrogens (tertiary/aromatic N) is 1. The number of fused-ring (bicyclic) bond motifs is 1. The average molecular weight is 385 g/mol. The second kappa shape index (κ2) is 8.61. The lowest BCUT2D eigenvalue weighted by Crippen LogP contribution is -2.29. The van der Waals surface area contributed by atoms with E-state index in [2.05, 4.69) is 15.3 Å². The van der Waals surface area contributed by atoms with Gasteiger partial charge in [0, 0.05) is 6.42 Å². The van der Waals surface area contributed by atoms with Crippen LogP contribution >= 0.6 is 0 Å². The van der Waals surface area contributed by atoms with E-state index >= 15 is 0 Å². The summed E-state index contributed by atoms with van der Waals surface area (Å²) in [5.41, 5.74) is 5.04. The third kappa shape index (κ3) is 4.46. The Kier molecular flexibility index (Phi) is 5.56. The fraction of sp³-hybridized carbons (Fsp3) is 0.167. The summed E-state index contributed by atoms with van der Waals surface area (Å²) in [6.07, 6.45) is 2.78. The summed E-state index contributed by atoms with van der Waals surface area (Å²) in [6.45, 7) is 0. The molecule has 3 aromatic carbocycles. The van der Waals surface area contributed by atoms with Crippen molar-refractivity contribution in [1.29, 1.82) is 0 Å². The van der Waals surface area contributed by atoms with Crippen LogP contribution in [0, 0.1) is 0 Å². The van der Waals surface area contributed by atoms with E-state index in [1.54, 1.807) is 13.4 Å². The van der Waals surface area contributed by atoms with Crippen molar-refractivity contribution in [2.45, 2.75) is 18.9 Å². The number of hydrogen-bond acceptors (Lipinski definition) is 3. The van der Waals surface area contributed by atoms with Crippen LogP contribution in [0.1, 0.15) is 29.2 Å². The van der Waals surface area contributed by atoms with Crippen molar-refractivity contribution in [2.75, 3.05) is 7.11 Å². The first-order valence-electron chi connectivity index (χ1n) is 9.63. The lowest BCUT2D eigenvalue weighted by atomic mass is 9.97. The number of amides is 1. The van der Waals surface area contributed by atoms with Gasteiger partial charge in [-0.15, -0.1) is 0 Å². The summed E-state index contributed by atoms with van der Waals surface area (Å²) in [5.74, 6) is 0.830. The van der Waals surface area contributed by atoms with E-state index in [9.17, 15) is 4.79 Å². The SMILES string of the molecule is COc1ccc(CCC(=O)N[C@@H](c2ccccc2)c2ccc3nc[nH]c3c2)cc1. The Morgan fingerprint density at radius 2 is 1.83 bits per heavy atom. The van der Waals surface area contributed by atoms with Gasteiger partial charge < -0.3 is 15.0 Å². The lowest BCUT2D eigenvalue weighted by Gasteiger charge is -2.20. The summed E-state index contributed by atoms with van der Waals surface area (Å²) in [4.78, 5) is 20.2. The van der Waals surface area contributed by atoms with Crippen LogP contribution in [-0.4, -0.2) is 23.0 Å². The van der Waals surface area contributed by atoms with Crippen molar-refractivity contribution in [3.63, 3.8) is 0 Å². The number of benzene rings is 3. The van der Waals surface area contributed by atoms with Crippen molar-refractivity contribution in [3.05, 3.63) is 95.8 Å². The van der Waals surface area contributed by atoms with Crippen LogP contribution in [0.2, 0.25) is 0 Å². The number of carbonyl (C=O) groups is 1. The topological polar surface area (TPSA) is 67.0 Å². The van der Waals surface area contributed by atoms with Crippen LogP contribution in [0.25, 0.3) is 11.0 Å². The van der Waals surface area contributed by atoms with Gasteiger partial charge in [-0.2, -0.15) is 0 Å². The van der Waals surface area contributed by atoms with Crippen molar-refractivity contribution >= 4 is 16.9 Å². The molecule has 0 saturated heterocycles. The maximum atomic E-state index is 12.8. The minimum atomic E-state index is -0.215. The number of imidazole rings is 1. The molecule has 0 spiro atoms. The number of hydrogen-bond donors (Lipinski definition) is 2. The fourth-order valence-electron chi connectivity index (χ4n) is 3.42.